The predicted molar refractivity (Wildman–Crippen MR) is 102 cm³/mol. The normalized spacial score (nSPS) is 11.1. The molecular formula is C17H19BrN4O4. The van der Waals surface area contributed by atoms with Crippen LogP contribution in [0, 0.1) is 6.92 Å². The van der Waals surface area contributed by atoms with E-state index in [4.69, 9.17) is 4.74 Å². The fourth-order valence-electron chi connectivity index (χ4n) is 2.16. The van der Waals surface area contributed by atoms with Crippen molar-refractivity contribution in [3.63, 3.8) is 0 Å². The third-order valence-corrected chi connectivity index (χ3v) is 3.93. The number of hydrogen-bond donors (Lipinski definition) is 3. The van der Waals surface area contributed by atoms with Gasteiger partial charge in [0.2, 0.25) is 5.91 Å². The van der Waals surface area contributed by atoms with Gasteiger partial charge in [-0.2, -0.15) is 5.10 Å². The predicted octanol–water partition coefficient (Wildman–Crippen LogP) is 1.61. The Balaban J connectivity index is 2.00. The van der Waals surface area contributed by atoms with Gasteiger partial charge in [0.1, 0.15) is 5.75 Å². The zero-order valence-corrected chi connectivity index (χ0v) is 16.1. The van der Waals surface area contributed by atoms with E-state index in [1.165, 1.54) is 6.21 Å². The van der Waals surface area contributed by atoms with Crippen LogP contribution < -0.4 is 21.4 Å². The zero-order chi connectivity index (χ0) is 19.3. The number of hydrazone groups is 1. The molecule has 0 aliphatic heterocycles. The summed E-state index contributed by atoms with van der Waals surface area (Å²) in [5.41, 5.74) is 2.46. The molecule has 138 valence electrons. The highest BCUT2D eigenvalue weighted by atomic mass is 79.9. The number of halogens is 1. The fraction of sp³-hybridized carbons (Fsp3) is 0.294. The number of nitrogens with zero attached hydrogens (tertiary/aromatic N) is 1. The van der Waals surface area contributed by atoms with Gasteiger partial charge in [0.25, 0.3) is 5.56 Å². The largest absolute Gasteiger partial charge is 0.490 e. The molecule has 8 nitrogen and oxygen atoms in total. The Morgan fingerprint density at radius 3 is 2.69 bits per heavy atom. The third kappa shape index (κ3) is 5.41. The second-order valence-electron chi connectivity index (χ2n) is 5.84. The van der Waals surface area contributed by atoms with E-state index >= 15 is 0 Å². The van der Waals surface area contributed by atoms with E-state index in [0.29, 0.717) is 11.4 Å². The molecule has 0 bridgehead atoms. The molecule has 2 aromatic rings. The molecule has 0 saturated heterocycles. The van der Waals surface area contributed by atoms with E-state index in [0.717, 1.165) is 10.0 Å². The van der Waals surface area contributed by atoms with Gasteiger partial charge in [0, 0.05) is 11.3 Å². The van der Waals surface area contributed by atoms with E-state index in [1.807, 2.05) is 19.9 Å². The molecular weight excluding hydrogens is 404 g/mol. The number of carbonyl (C=O) groups excluding carboxylic acids is 1. The minimum atomic E-state index is -0.606. The fourth-order valence-corrected chi connectivity index (χ4v) is 2.65. The van der Waals surface area contributed by atoms with Crippen molar-refractivity contribution in [1.82, 2.24) is 15.4 Å². The summed E-state index contributed by atoms with van der Waals surface area (Å²) in [6.45, 7) is 5.43. The SMILES string of the molecule is Cc1[nH]c(=O)[nH]c(=O)c1CC(=O)N/N=C\c1ccc(OC(C)C)c(Br)c1. The molecule has 0 atom stereocenters. The highest BCUT2D eigenvalue weighted by Crippen LogP contribution is 2.26. The average Bonchev–Trinajstić information content (AvgIpc) is 2.53. The van der Waals surface area contributed by atoms with Gasteiger partial charge in [-0.1, -0.05) is 0 Å². The maximum atomic E-state index is 11.9. The van der Waals surface area contributed by atoms with Crippen LogP contribution in [0.1, 0.15) is 30.7 Å². The molecule has 0 saturated carbocycles. The molecule has 0 spiro atoms. The van der Waals surface area contributed by atoms with Crippen LogP contribution in [0.3, 0.4) is 0 Å². The topological polar surface area (TPSA) is 116 Å². The number of H-pyrrole nitrogens is 2. The molecule has 1 aromatic heterocycles. The first kappa shape index (κ1) is 19.6. The van der Waals surface area contributed by atoms with Crippen molar-refractivity contribution >= 4 is 28.1 Å². The Morgan fingerprint density at radius 1 is 1.35 bits per heavy atom. The van der Waals surface area contributed by atoms with Gasteiger partial charge >= 0.3 is 5.69 Å². The number of amides is 1. The first-order valence-electron chi connectivity index (χ1n) is 7.86. The number of nitrogens with one attached hydrogen (secondary N) is 3. The monoisotopic (exact) mass is 422 g/mol. The van der Waals surface area contributed by atoms with Crippen molar-refractivity contribution in [3.8, 4) is 5.75 Å². The van der Waals surface area contributed by atoms with Gasteiger partial charge in [-0.3, -0.25) is 14.6 Å². The van der Waals surface area contributed by atoms with Gasteiger partial charge in [-0.15, -0.1) is 0 Å². The third-order valence-electron chi connectivity index (χ3n) is 3.31. The number of benzene rings is 1. The standard InChI is InChI=1S/C17H19BrN4O4/c1-9(2)26-14-5-4-11(6-13(14)18)8-19-22-15(23)7-12-10(3)20-17(25)21-16(12)24/h4-6,8-9H,7H2,1-3H3,(H,22,23)(H2,20,21,24,25)/b19-8-. The molecule has 1 amide bonds. The average molecular weight is 423 g/mol. The first-order chi connectivity index (χ1) is 12.3. The number of aromatic nitrogens is 2. The number of carbonyl (C=O) groups is 1. The van der Waals surface area contributed by atoms with Crippen LogP contribution in [0.4, 0.5) is 0 Å². The number of ether oxygens (including phenoxy) is 1. The maximum absolute atomic E-state index is 11.9. The van der Waals surface area contributed by atoms with Crippen molar-refractivity contribution in [2.45, 2.75) is 33.3 Å². The van der Waals surface area contributed by atoms with Crippen LogP contribution in [0.2, 0.25) is 0 Å². The molecule has 0 aliphatic rings. The molecule has 2 rings (SSSR count). The van der Waals surface area contributed by atoms with Crippen LogP contribution in [-0.4, -0.2) is 28.2 Å². The van der Waals surface area contributed by atoms with E-state index in [2.05, 4.69) is 36.4 Å². The smallest absolute Gasteiger partial charge is 0.325 e. The molecule has 1 heterocycles. The van der Waals surface area contributed by atoms with Crippen molar-refractivity contribution in [2.75, 3.05) is 0 Å². The summed E-state index contributed by atoms with van der Waals surface area (Å²) in [5, 5.41) is 3.88. The van der Waals surface area contributed by atoms with E-state index in [-0.39, 0.29) is 18.1 Å². The first-order valence-corrected chi connectivity index (χ1v) is 8.65. The van der Waals surface area contributed by atoms with Crippen LogP contribution in [-0.2, 0) is 11.2 Å². The summed E-state index contributed by atoms with van der Waals surface area (Å²) in [6, 6.07) is 5.41. The summed E-state index contributed by atoms with van der Waals surface area (Å²) in [6.07, 6.45) is 1.34. The zero-order valence-electron chi connectivity index (χ0n) is 14.6. The second-order valence-corrected chi connectivity index (χ2v) is 6.69. The Labute approximate surface area is 157 Å². The maximum Gasteiger partial charge on any atom is 0.325 e. The molecule has 1 aromatic carbocycles. The molecule has 0 radical (unpaired) electrons. The van der Waals surface area contributed by atoms with Gasteiger partial charge in [0.05, 0.1) is 23.2 Å². The Bertz CT molecular complexity index is 947. The molecule has 0 unspecified atom stereocenters. The lowest BCUT2D eigenvalue weighted by molar-refractivity contribution is -0.120. The molecule has 3 N–H and O–H groups in total. The minimum absolute atomic E-state index is 0.0598. The lowest BCUT2D eigenvalue weighted by atomic mass is 10.1. The summed E-state index contributed by atoms with van der Waals surface area (Å²) < 4.78 is 6.40. The van der Waals surface area contributed by atoms with Gasteiger partial charge in [-0.05, 0) is 60.5 Å². The molecule has 0 aliphatic carbocycles. The summed E-state index contributed by atoms with van der Waals surface area (Å²) in [4.78, 5) is 39.3. The molecule has 0 fully saturated rings. The second kappa shape index (κ2) is 8.61. The molecule has 9 heteroatoms. The summed E-state index contributed by atoms with van der Waals surface area (Å²) >= 11 is 3.42. The summed E-state index contributed by atoms with van der Waals surface area (Å²) in [5.74, 6) is 0.245. The Kier molecular flexibility index (Phi) is 6.51. The Morgan fingerprint density at radius 2 is 2.08 bits per heavy atom. The van der Waals surface area contributed by atoms with Crippen molar-refractivity contribution < 1.29 is 9.53 Å². The van der Waals surface area contributed by atoms with Crippen molar-refractivity contribution in [2.24, 2.45) is 5.10 Å². The quantitative estimate of drug-likeness (QED) is 0.484. The lowest BCUT2D eigenvalue weighted by Crippen LogP contribution is -2.30. The van der Waals surface area contributed by atoms with Crippen LogP contribution >= 0.6 is 15.9 Å². The van der Waals surface area contributed by atoms with Crippen LogP contribution in [0.15, 0.2) is 37.4 Å². The highest BCUT2D eigenvalue weighted by molar-refractivity contribution is 9.10. The summed E-state index contributed by atoms with van der Waals surface area (Å²) in [7, 11) is 0. The minimum Gasteiger partial charge on any atom is -0.490 e. The van der Waals surface area contributed by atoms with Gasteiger partial charge < -0.3 is 9.72 Å². The van der Waals surface area contributed by atoms with E-state index in [9.17, 15) is 14.4 Å². The number of aromatic amines is 2. The highest BCUT2D eigenvalue weighted by Gasteiger charge is 2.10. The van der Waals surface area contributed by atoms with Gasteiger partial charge in [0.15, 0.2) is 0 Å². The number of hydrogen-bond acceptors (Lipinski definition) is 5. The van der Waals surface area contributed by atoms with Crippen LogP contribution in [0.25, 0.3) is 0 Å². The molecule has 26 heavy (non-hydrogen) atoms. The number of aryl methyl sites for hydroxylation is 1. The van der Waals surface area contributed by atoms with Gasteiger partial charge in [-0.25, -0.2) is 10.2 Å². The Hall–Kier alpha value is -2.68. The lowest BCUT2D eigenvalue weighted by Gasteiger charge is -2.11. The van der Waals surface area contributed by atoms with E-state index in [1.54, 1.807) is 19.1 Å². The van der Waals surface area contributed by atoms with Crippen molar-refractivity contribution in [1.29, 1.82) is 0 Å². The van der Waals surface area contributed by atoms with Crippen molar-refractivity contribution in [3.05, 3.63) is 60.3 Å². The van der Waals surface area contributed by atoms with Crippen LogP contribution in [0.5, 0.6) is 5.75 Å². The van der Waals surface area contributed by atoms with E-state index < -0.39 is 17.2 Å². The number of rotatable bonds is 6.